The second kappa shape index (κ2) is 7.14. The fraction of sp³-hybridized carbons (Fsp3) is 0.333. The first-order chi connectivity index (χ1) is 9.67. The number of thiazole rings is 1. The summed E-state index contributed by atoms with van der Waals surface area (Å²) < 4.78 is 12.8. The lowest BCUT2D eigenvalue weighted by atomic mass is 10.1. The highest BCUT2D eigenvalue weighted by atomic mass is 32.1. The standard InChI is InChI=1S/C15H17FN2OS/c1-2-3-4-14(19)18-15-17-10-13(20-15)9-11-5-7-12(16)8-6-11/h5-8,10H,2-4,9H2,1H3,(H,17,18,19). The van der Waals surface area contributed by atoms with Crippen molar-refractivity contribution in [3.05, 3.63) is 46.7 Å². The number of hydrogen-bond acceptors (Lipinski definition) is 3. The van der Waals surface area contributed by atoms with Crippen LogP contribution in [0.1, 0.15) is 36.6 Å². The van der Waals surface area contributed by atoms with E-state index in [0.717, 1.165) is 23.3 Å². The number of nitrogens with zero attached hydrogens (tertiary/aromatic N) is 1. The number of carbonyl (C=O) groups excluding carboxylic acids is 1. The van der Waals surface area contributed by atoms with E-state index in [1.807, 2.05) is 0 Å². The van der Waals surface area contributed by atoms with Crippen molar-refractivity contribution in [2.75, 3.05) is 5.32 Å². The molecular formula is C15H17FN2OS. The third kappa shape index (κ3) is 4.42. The molecule has 0 fully saturated rings. The fourth-order valence-corrected chi connectivity index (χ4v) is 2.63. The van der Waals surface area contributed by atoms with Gasteiger partial charge in [-0.1, -0.05) is 25.5 Å². The van der Waals surface area contributed by atoms with Crippen molar-refractivity contribution in [3.8, 4) is 0 Å². The van der Waals surface area contributed by atoms with Crippen LogP contribution >= 0.6 is 11.3 Å². The Bertz CT molecular complexity index is 566. The Labute approximate surface area is 121 Å². The zero-order valence-electron chi connectivity index (χ0n) is 11.4. The number of carbonyl (C=O) groups is 1. The molecule has 2 rings (SSSR count). The number of anilines is 1. The Morgan fingerprint density at radius 2 is 2.10 bits per heavy atom. The van der Waals surface area contributed by atoms with Gasteiger partial charge in [0.15, 0.2) is 5.13 Å². The van der Waals surface area contributed by atoms with E-state index in [9.17, 15) is 9.18 Å². The van der Waals surface area contributed by atoms with E-state index in [4.69, 9.17) is 0 Å². The van der Waals surface area contributed by atoms with Crippen molar-refractivity contribution < 1.29 is 9.18 Å². The maximum atomic E-state index is 12.8. The van der Waals surface area contributed by atoms with E-state index in [-0.39, 0.29) is 11.7 Å². The summed E-state index contributed by atoms with van der Waals surface area (Å²) in [5, 5.41) is 3.43. The first-order valence-electron chi connectivity index (χ1n) is 6.66. The van der Waals surface area contributed by atoms with Crippen molar-refractivity contribution in [3.63, 3.8) is 0 Å². The van der Waals surface area contributed by atoms with Crippen molar-refractivity contribution >= 4 is 22.4 Å². The first kappa shape index (κ1) is 14.7. The Morgan fingerprint density at radius 1 is 1.35 bits per heavy atom. The molecule has 5 heteroatoms. The van der Waals surface area contributed by atoms with Gasteiger partial charge in [-0.25, -0.2) is 9.37 Å². The third-order valence-corrected chi connectivity index (χ3v) is 3.76. The molecule has 1 heterocycles. The molecule has 0 aliphatic heterocycles. The van der Waals surface area contributed by atoms with Crippen LogP contribution in [0.3, 0.4) is 0 Å². The molecular weight excluding hydrogens is 275 g/mol. The van der Waals surface area contributed by atoms with E-state index < -0.39 is 0 Å². The average Bonchev–Trinajstić information content (AvgIpc) is 2.86. The second-order valence-corrected chi connectivity index (χ2v) is 5.70. The van der Waals surface area contributed by atoms with E-state index in [1.54, 1.807) is 18.3 Å². The minimum atomic E-state index is -0.234. The van der Waals surface area contributed by atoms with Crippen LogP contribution in [0.25, 0.3) is 0 Å². The van der Waals surface area contributed by atoms with Gasteiger partial charge in [0, 0.05) is 23.9 Å². The van der Waals surface area contributed by atoms with Crippen LogP contribution < -0.4 is 5.32 Å². The molecule has 1 amide bonds. The molecule has 0 unspecified atom stereocenters. The lowest BCUT2D eigenvalue weighted by molar-refractivity contribution is -0.116. The second-order valence-electron chi connectivity index (χ2n) is 4.59. The van der Waals surface area contributed by atoms with Crippen LogP contribution in [0.4, 0.5) is 9.52 Å². The maximum Gasteiger partial charge on any atom is 0.226 e. The summed E-state index contributed by atoms with van der Waals surface area (Å²) >= 11 is 1.46. The van der Waals surface area contributed by atoms with Gasteiger partial charge in [0.05, 0.1) is 0 Å². The van der Waals surface area contributed by atoms with Gasteiger partial charge in [0.25, 0.3) is 0 Å². The summed E-state index contributed by atoms with van der Waals surface area (Å²) in [7, 11) is 0. The molecule has 0 saturated carbocycles. The van der Waals surface area contributed by atoms with Crippen LogP contribution in [-0.4, -0.2) is 10.9 Å². The molecule has 0 saturated heterocycles. The lowest BCUT2D eigenvalue weighted by Crippen LogP contribution is -2.10. The Kier molecular flexibility index (Phi) is 5.24. The monoisotopic (exact) mass is 292 g/mol. The molecule has 0 bridgehead atoms. The van der Waals surface area contributed by atoms with Crippen molar-refractivity contribution in [2.45, 2.75) is 32.6 Å². The van der Waals surface area contributed by atoms with Crippen LogP contribution in [0, 0.1) is 5.82 Å². The Morgan fingerprint density at radius 3 is 2.80 bits per heavy atom. The highest BCUT2D eigenvalue weighted by Gasteiger charge is 2.07. The van der Waals surface area contributed by atoms with Crippen molar-refractivity contribution in [1.29, 1.82) is 0 Å². The van der Waals surface area contributed by atoms with Crippen LogP contribution in [-0.2, 0) is 11.2 Å². The molecule has 0 radical (unpaired) electrons. The van der Waals surface area contributed by atoms with Crippen LogP contribution in [0.15, 0.2) is 30.5 Å². The highest BCUT2D eigenvalue weighted by Crippen LogP contribution is 2.21. The van der Waals surface area contributed by atoms with Gasteiger partial charge >= 0.3 is 0 Å². The van der Waals surface area contributed by atoms with Crippen molar-refractivity contribution in [1.82, 2.24) is 4.98 Å². The minimum absolute atomic E-state index is 0.00883. The summed E-state index contributed by atoms with van der Waals surface area (Å²) in [4.78, 5) is 16.8. The molecule has 0 aliphatic carbocycles. The number of unbranched alkanes of at least 4 members (excludes halogenated alkanes) is 1. The number of halogens is 1. The molecule has 0 aliphatic rings. The molecule has 1 N–H and O–H groups in total. The Balaban J connectivity index is 1.91. The lowest BCUT2D eigenvalue weighted by Gasteiger charge is -2.00. The smallest absolute Gasteiger partial charge is 0.226 e. The predicted molar refractivity (Wildman–Crippen MR) is 79.5 cm³/mol. The average molecular weight is 292 g/mol. The molecule has 0 atom stereocenters. The normalized spacial score (nSPS) is 10.5. The molecule has 3 nitrogen and oxygen atoms in total. The summed E-state index contributed by atoms with van der Waals surface area (Å²) in [5.41, 5.74) is 1.03. The van der Waals surface area contributed by atoms with E-state index >= 15 is 0 Å². The molecule has 0 spiro atoms. The first-order valence-corrected chi connectivity index (χ1v) is 7.48. The number of nitrogens with one attached hydrogen (secondary N) is 1. The number of aromatic nitrogens is 1. The molecule has 2 aromatic rings. The minimum Gasteiger partial charge on any atom is -0.302 e. The largest absolute Gasteiger partial charge is 0.302 e. The summed E-state index contributed by atoms with van der Waals surface area (Å²) in [5.74, 6) is -0.225. The van der Waals surface area contributed by atoms with Crippen molar-refractivity contribution in [2.24, 2.45) is 0 Å². The number of rotatable bonds is 6. The van der Waals surface area contributed by atoms with Gasteiger partial charge in [-0.3, -0.25) is 4.79 Å². The summed E-state index contributed by atoms with van der Waals surface area (Å²) in [6, 6.07) is 6.41. The highest BCUT2D eigenvalue weighted by molar-refractivity contribution is 7.15. The predicted octanol–water partition coefficient (Wildman–Crippen LogP) is 4.00. The number of amides is 1. The van der Waals surface area contributed by atoms with Gasteiger partial charge in [-0.05, 0) is 24.1 Å². The van der Waals surface area contributed by atoms with Gasteiger partial charge in [0.2, 0.25) is 5.91 Å². The van der Waals surface area contributed by atoms with Crippen LogP contribution in [0.5, 0.6) is 0 Å². The molecule has 106 valence electrons. The zero-order valence-corrected chi connectivity index (χ0v) is 12.2. The topological polar surface area (TPSA) is 42.0 Å². The molecule has 1 aromatic heterocycles. The van der Waals surface area contributed by atoms with E-state index in [2.05, 4.69) is 17.2 Å². The summed E-state index contributed by atoms with van der Waals surface area (Å²) in [6.45, 7) is 2.05. The molecule has 20 heavy (non-hydrogen) atoms. The molecule has 1 aromatic carbocycles. The van der Waals surface area contributed by atoms with Gasteiger partial charge in [0.1, 0.15) is 5.82 Å². The SMILES string of the molecule is CCCCC(=O)Nc1ncc(Cc2ccc(F)cc2)s1. The maximum absolute atomic E-state index is 12.8. The zero-order chi connectivity index (χ0) is 14.4. The van der Waals surface area contributed by atoms with E-state index in [0.29, 0.717) is 18.0 Å². The quantitative estimate of drug-likeness (QED) is 0.874. The van der Waals surface area contributed by atoms with Gasteiger partial charge in [-0.15, -0.1) is 11.3 Å². The van der Waals surface area contributed by atoms with Gasteiger partial charge in [-0.2, -0.15) is 0 Å². The third-order valence-electron chi connectivity index (χ3n) is 2.85. The Hall–Kier alpha value is -1.75. The van der Waals surface area contributed by atoms with Crippen LogP contribution in [0.2, 0.25) is 0 Å². The van der Waals surface area contributed by atoms with Gasteiger partial charge < -0.3 is 5.32 Å². The number of benzene rings is 1. The van der Waals surface area contributed by atoms with E-state index in [1.165, 1.54) is 23.5 Å². The fourth-order valence-electron chi connectivity index (χ4n) is 1.77. The summed E-state index contributed by atoms with van der Waals surface area (Å²) in [6.07, 6.45) is 4.87. The number of hydrogen-bond donors (Lipinski definition) is 1.